The molecule has 2 aromatic rings. The van der Waals surface area contributed by atoms with Crippen molar-refractivity contribution in [1.29, 1.82) is 0 Å². The van der Waals surface area contributed by atoms with Gasteiger partial charge in [0.05, 0.1) is 6.54 Å². The van der Waals surface area contributed by atoms with Gasteiger partial charge in [-0.3, -0.25) is 4.79 Å². The zero-order valence-electron chi connectivity index (χ0n) is 16.9. The number of benzene rings is 2. The first-order valence-electron chi connectivity index (χ1n) is 9.16. The first kappa shape index (κ1) is 25.2. The maximum atomic E-state index is 13.5. The number of nitrogens with one attached hydrogen (secondary N) is 3. The number of nitrogens with zero attached hydrogens (tertiary/aromatic N) is 1. The minimum atomic E-state index is -0.214. The normalized spacial score (nSPS) is 10.8. The lowest BCUT2D eigenvalue weighted by atomic mass is 10.1. The fourth-order valence-electron chi connectivity index (χ4n) is 2.65. The smallest absolute Gasteiger partial charge is 0.251 e. The van der Waals surface area contributed by atoms with Crippen LogP contribution in [-0.2, 0) is 18.8 Å². The SMILES string of the molecule is CCNC(=NCc1ccc(C(=O)NC)cc1)NCc1ccc(F)cc1CSC.I. The average Bonchev–Trinajstić information content (AvgIpc) is 2.71. The molecule has 0 aliphatic carbocycles. The number of thioether (sulfide) groups is 1. The second-order valence-corrected chi connectivity index (χ2v) is 7.04. The molecule has 158 valence electrons. The van der Waals surface area contributed by atoms with E-state index in [1.54, 1.807) is 37.0 Å². The molecule has 8 heteroatoms. The van der Waals surface area contributed by atoms with Gasteiger partial charge in [0.25, 0.3) is 5.91 Å². The Morgan fingerprint density at radius 1 is 1.10 bits per heavy atom. The van der Waals surface area contributed by atoms with Crippen LogP contribution in [0.25, 0.3) is 0 Å². The summed E-state index contributed by atoms with van der Waals surface area (Å²) < 4.78 is 13.5. The molecule has 0 aliphatic rings. The number of halogens is 2. The highest BCUT2D eigenvalue weighted by Gasteiger charge is 2.06. The van der Waals surface area contributed by atoms with E-state index in [2.05, 4.69) is 20.9 Å². The molecule has 0 unspecified atom stereocenters. The highest BCUT2D eigenvalue weighted by atomic mass is 127. The molecule has 0 radical (unpaired) electrons. The van der Waals surface area contributed by atoms with Crippen LogP contribution in [0.15, 0.2) is 47.5 Å². The van der Waals surface area contributed by atoms with Gasteiger partial charge in [0.1, 0.15) is 5.82 Å². The second kappa shape index (κ2) is 13.4. The Kier molecular flexibility index (Phi) is 11.7. The molecule has 0 fully saturated rings. The highest BCUT2D eigenvalue weighted by Crippen LogP contribution is 2.16. The second-order valence-electron chi connectivity index (χ2n) is 6.17. The number of hydrogen-bond acceptors (Lipinski definition) is 3. The predicted molar refractivity (Wildman–Crippen MR) is 131 cm³/mol. The van der Waals surface area contributed by atoms with Crippen molar-refractivity contribution in [2.24, 2.45) is 4.99 Å². The molecule has 2 aromatic carbocycles. The van der Waals surface area contributed by atoms with E-state index in [0.29, 0.717) is 24.6 Å². The lowest BCUT2D eigenvalue weighted by Gasteiger charge is -2.14. The molecular weight excluding hydrogens is 502 g/mol. The van der Waals surface area contributed by atoms with Crippen LogP contribution in [0.2, 0.25) is 0 Å². The van der Waals surface area contributed by atoms with Crippen molar-refractivity contribution < 1.29 is 9.18 Å². The van der Waals surface area contributed by atoms with Crippen molar-refractivity contribution in [2.45, 2.75) is 25.8 Å². The van der Waals surface area contributed by atoms with Gasteiger partial charge in [-0.05, 0) is 54.1 Å². The van der Waals surface area contributed by atoms with Gasteiger partial charge in [-0.1, -0.05) is 18.2 Å². The molecule has 0 saturated heterocycles. The Morgan fingerprint density at radius 3 is 2.45 bits per heavy atom. The summed E-state index contributed by atoms with van der Waals surface area (Å²) in [7, 11) is 1.61. The van der Waals surface area contributed by atoms with Crippen molar-refractivity contribution in [2.75, 3.05) is 19.8 Å². The van der Waals surface area contributed by atoms with Gasteiger partial charge in [0.15, 0.2) is 5.96 Å². The Hall–Kier alpha value is -1.81. The molecule has 2 rings (SSSR count). The minimum Gasteiger partial charge on any atom is -0.357 e. The van der Waals surface area contributed by atoms with Gasteiger partial charge >= 0.3 is 0 Å². The third-order valence-electron chi connectivity index (χ3n) is 4.12. The molecule has 0 bridgehead atoms. The quantitative estimate of drug-likeness (QED) is 0.275. The van der Waals surface area contributed by atoms with E-state index in [1.807, 2.05) is 31.4 Å². The molecule has 29 heavy (non-hydrogen) atoms. The van der Waals surface area contributed by atoms with E-state index >= 15 is 0 Å². The summed E-state index contributed by atoms with van der Waals surface area (Å²) in [5.41, 5.74) is 3.67. The van der Waals surface area contributed by atoms with Crippen LogP contribution in [0.1, 0.15) is 34.0 Å². The summed E-state index contributed by atoms with van der Waals surface area (Å²) in [5.74, 6) is 1.14. The van der Waals surface area contributed by atoms with Crippen molar-refractivity contribution in [3.05, 3.63) is 70.5 Å². The van der Waals surface area contributed by atoms with Crippen LogP contribution >= 0.6 is 35.7 Å². The molecule has 0 atom stereocenters. The molecule has 0 spiro atoms. The average molecular weight is 530 g/mol. The van der Waals surface area contributed by atoms with Gasteiger partial charge in [-0.25, -0.2) is 9.38 Å². The van der Waals surface area contributed by atoms with E-state index in [1.165, 1.54) is 6.07 Å². The van der Waals surface area contributed by atoms with Crippen LogP contribution in [0, 0.1) is 5.82 Å². The number of amides is 1. The largest absolute Gasteiger partial charge is 0.357 e. The Balaban J connectivity index is 0.00000420. The van der Waals surface area contributed by atoms with Crippen LogP contribution in [0.4, 0.5) is 4.39 Å². The number of rotatable bonds is 8. The van der Waals surface area contributed by atoms with Crippen molar-refractivity contribution in [3.8, 4) is 0 Å². The van der Waals surface area contributed by atoms with Gasteiger partial charge < -0.3 is 16.0 Å². The van der Waals surface area contributed by atoms with E-state index in [-0.39, 0.29) is 35.7 Å². The number of carbonyl (C=O) groups excluding carboxylic acids is 1. The molecule has 0 saturated carbocycles. The van der Waals surface area contributed by atoms with E-state index < -0.39 is 0 Å². The molecule has 0 heterocycles. The fraction of sp³-hybridized carbons (Fsp3) is 0.333. The molecule has 3 N–H and O–H groups in total. The van der Waals surface area contributed by atoms with Crippen LogP contribution in [0.5, 0.6) is 0 Å². The Morgan fingerprint density at radius 2 is 1.83 bits per heavy atom. The van der Waals surface area contributed by atoms with E-state index in [0.717, 1.165) is 29.0 Å². The van der Waals surface area contributed by atoms with Gasteiger partial charge in [0.2, 0.25) is 0 Å². The van der Waals surface area contributed by atoms with Gasteiger partial charge in [-0.15, -0.1) is 24.0 Å². The van der Waals surface area contributed by atoms with Crippen molar-refractivity contribution in [3.63, 3.8) is 0 Å². The number of aliphatic imine (C=N–C) groups is 1. The van der Waals surface area contributed by atoms with Crippen molar-refractivity contribution >= 4 is 47.6 Å². The standard InChI is InChI=1S/C21H27FN4OS.HI/c1-4-24-21(25-12-15-5-7-16(8-6-15)20(27)23-2)26-13-17-9-10-19(22)11-18(17)14-28-3;/h5-11H,4,12-14H2,1-3H3,(H,23,27)(H2,24,25,26);1H. The predicted octanol–water partition coefficient (Wildman–Crippen LogP) is 3.92. The summed E-state index contributed by atoms with van der Waals surface area (Å²) in [6, 6.07) is 12.3. The summed E-state index contributed by atoms with van der Waals surface area (Å²) in [4.78, 5) is 16.2. The number of carbonyl (C=O) groups is 1. The third-order valence-corrected chi connectivity index (χ3v) is 4.72. The monoisotopic (exact) mass is 530 g/mol. The fourth-order valence-corrected chi connectivity index (χ4v) is 3.23. The lowest BCUT2D eigenvalue weighted by molar-refractivity contribution is 0.0963. The zero-order chi connectivity index (χ0) is 20.4. The van der Waals surface area contributed by atoms with Crippen LogP contribution in [-0.4, -0.2) is 31.7 Å². The number of hydrogen-bond donors (Lipinski definition) is 3. The summed E-state index contributed by atoms with van der Waals surface area (Å²) in [5, 5.41) is 9.13. The minimum absolute atomic E-state index is 0. The van der Waals surface area contributed by atoms with E-state index in [9.17, 15) is 9.18 Å². The molecule has 1 amide bonds. The van der Waals surface area contributed by atoms with Crippen LogP contribution in [0.3, 0.4) is 0 Å². The Labute approximate surface area is 193 Å². The zero-order valence-corrected chi connectivity index (χ0v) is 20.1. The topological polar surface area (TPSA) is 65.5 Å². The van der Waals surface area contributed by atoms with Crippen LogP contribution < -0.4 is 16.0 Å². The first-order chi connectivity index (χ1) is 13.6. The summed E-state index contributed by atoms with van der Waals surface area (Å²) in [6.45, 7) is 3.80. The molecule has 5 nitrogen and oxygen atoms in total. The first-order valence-corrected chi connectivity index (χ1v) is 10.6. The van der Waals surface area contributed by atoms with Crippen molar-refractivity contribution in [1.82, 2.24) is 16.0 Å². The number of guanidine groups is 1. The summed E-state index contributed by atoms with van der Waals surface area (Å²) >= 11 is 1.67. The Bertz CT molecular complexity index is 815. The molecular formula is C21H28FIN4OS. The maximum Gasteiger partial charge on any atom is 0.251 e. The lowest BCUT2D eigenvalue weighted by Crippen LogP contribution is -2.37. The molecule has 0 aromatic heterocycles. The summed E-state index contributed by atoms with van der Waals surface area (Å²) in [6.07, 6.45) is 2.00. The van der Waals surface area contributed by atoms with E-state index in [4.69, 9.17) is 0 Å². The molecule has 0 aliphatic heterocycles. The highest BCUT2D eigenvalue weighted by molar-refractivity contribution is 14.0. The van der Waals surface area contributed by atoms with Gasteiger partial charge in [-0.2, -0.15) is 11.8 Å². The maximum absolute atomic E-state index is 13.5. The van der Waals surface area contributed by atoms with Gasteiger partial charge in [0, 0.05) is 31.5 Å². The third kappa shape index (κ3) is 8.22.